The number of amides is 1. The van der Waals surface area contributed by atoms with Gasteiger partial charge in [-0.05, 0) is 30.7 Å². The van der Waals surface area contributed by atoms with Crippen LogP contribution >= 0.6 is 0 Å². The number of Topliss-reactive ketones (excluding diaryl/α,β-unsaturated/α-hetero) is 1. The molecule has 0 spiro atoms. The minimum absolute atomic E-state index is 0.0631. The lowest BCUT2D eigenvalue weighted by molar-refractivity contribution is -0.124. The van der Waals surface area contributed by atoms with Crippen molar-refractivity contribution in [3.8, 4) is 5.75 Å². The topological polar surface area (TPSA) is 57.6 Å². The van der Waals surface area contributed by atoms with E-state index >= 15 is 0 Å². The maximum atomic E-state index is 12.3. The summed E-state index contributed by atoms with van der Waals surface area (Å²) < 4.78 is 0. The monoisotopic (exact) mass is 247 g/mol. The highest BCUT2D eigenvalue weighted by atomic mass is 16.3. The van der Waals surface area contributed by atoms with Crippen LogP contribution in [0.4, 0.5) is 0 Å². The van der Waals surface area contributed by atoms with Crippen molar-refractivity contribution in [2.45, 2.75) is 20.3 Å². The second kappa shape index (κ2) is 4.80. The standard InChI is InChI=1S/C14H17NO3/c1-9-7-11(16)3-4-12(9)14(18)15-6-5-13(17)10(2)8-15/h3-4,7,10,16H,5-6,8H2,1-2H3. The Kier molecular flexibility index (Phi) is 3.36. The molecule has 4 nitrogen and oxygen atoms in total. The number of ketones is 1. The van der Waals surface area contributed by atoms with E-state index in [1.54, 1.807) is 24.0 Å². The van der Waals surface area contributed by atoms with Gasteiger partial charge in [-0.15, -0.1) is 0 Å². The van der Waals surface area contributed by atoms with Gasteiger partial charge in [0, 0.05) is 31.0 Å². The maximum absolute atomic E-state index is 12.3. The number of carbonyl (C=O) groups excluding carboxylic acids is 2. The maximum Gasteiger partial charge on any atom is 0.254 e. The smallest absolute Gasteiger partial charge is 0.254 e. The predicted octanol–water partition coefficient (Wildman–Crippen LogP) is 1.75. The first-order valence-corrected chi connectivity index (χ1v) is 6.10. The van der Waals surface area contributed by atoms with Crippen molar-refractivity contribution in [1.29, 1.82) is 0 Å². The summed E-state index contributed by atoms with van der Waals surface area (Å²) in [6.07, 6.45) is 0.435. The molecular formula is C14H17NO3. The van der Waals surface area contributed by atoms with Crippen molar-refractivity contribution in [2.24, 2.45) is 5.92 Å². The molecular weight excluding hydrogens is 230 g/mol. The molecule has 1 amide bonds. The van der Waals surface area contributed by atoms with E-state index in [9.17, 15) is 14.7 Å². The van der Waals surface area contributed by atoms with Crippen LogP contribution in [0.1, 0.15) is 29.3 Å². The fourth-order valence-electron chi connectivity index (χ4n) is 2.26. The Balaban J connectivity index is 2.19. The number of phenols is 1. The van der Waals surface area contributed by atoms with Gasteiger partial charge in [0.1, 0.15) is 11.5 Å². The number of aryl methyl sites for hydroxylation is 1. The Morgan fingerprint density at radius 1 is 1.44 bits per heavy atom. The minimum Gasteiger partial charge on any atom is -0.508 e. The zero-order chi connectivity index (χ0) is 13.3. The van der Waals surface area contributed by atoms with E-state index in [4.69, 9.17) is 0 Å². The summed E-state index contributed by atoms with van der Waals surface area (Å²) in [5, 5.41) is 9.34. The molecule has 0 bridgehead atoms. The number of hydrogen-bond acceptors (Lipinski definition) is 3. The Morgan fingerprint density at radius 2 is 2.17 bits per heavy atom. The fourth-order valence-corrected chi connectivity index (χ4v) is 2.26. The molecule has 1 unspecified atom stereocenters. The van der Waals surface area contributed by atoms with E-state index in [2.05, 4.69) is 0 Å². The van der Waals surface area contributed by atoms with Crippen LogP contribution in [-0.2, 0) is 4.79 Å². The zero-order valence-corrected chi connectivity index (χ0v) is 10.6. The second-order valence-electron chi connectivity index (χ2n) is 4.87. The van der Waals surface area contributed by atoms with Crippen LogP contribution in [0.15, 0.2) is 18.2 Å². The Labute approximate surface area is 106 Å². The molecule has 1 aliphatic rings. The number of nitrogens with zero attached hydrogens (tertiary/aromatic N) is 1. The third kappa shape index (κ3) is 2.37. The lowest BCUT2D eigenvalue weighted by atomic mass is 9.97. The molecule has 0 aliphatic carbocycles. The van der Waals surface area contributed by atoms with E-state index in [-0.39, 0.29) is 23.4 Å². The number of aromatic hydroxyl groups is 1. The van der Waals surface area contributed by atoms with Gasteiger partial charge in [-0.3, -0.25) is 9.59 Å². The van der Waals surface area contributed by atoms with Gasteiger partial charge in [0.25, 0.3) is 5.91 Å². The van der Waals surface area contributed by atoms with Gasteiger partial charge >= 0.3 is 0 Å². The number of benzene rings is 1. The summed E-state index contributed by atoms with van der Waals surface area (Å²) >= 11 is 0. The zero-order valence-electron chi connectivity index (χ0n) is 10.6. The van der Waals surface area contributed by atoms with Gasteiger partial charge in [0.05, 0.1) is 0 Å². The third-order valence-corrected chi connectivity index (χ3v) is 3.40. The van der Waals surface area contributed by atoms with Crippen LogP contribution in [0.3, 0.4) is 0 Å². The van der Waals surface area contributed by atoms with E-state index in [0.717, 1.165) is 5.56 Å². The van der Waals surface area contributed by atoms with Gasteiger partial charge < -0.3 is 10.0 Å². The summed E-state index contributed by atoms with van der Waals surface area (Å²) in [4.78, 5) is 25.5. The van der Waals surface area contributed by atoms with Gasteiger partial charge in [-0.2, -0.15) is 0 Å². The number of hydrogen-bond donors (Lipinski definition) is 1. The van der Waals surface area contributed by atoms with E-state index in [1.807, 2.05) is 6.92 Å². The summed E-state index contributed by atoms with van der Waals surface area (Å²) in [5.74, 6) is 0.236. The van der Waals surface area contributed by atoms with E-state index < -0.39 is 0 Å². The summed E-state index contributed by atoms with van der Waals surface area (Å²) in [6.45, 7) is 4.62. The molecule has 4 heteroatoms. The molecule has 0 radical (unpaired) electrons. The number of rotatable bonds is 1. The van der Waals surface area contributed by atoms with Crippen molar-refractivity contribution < 1.29 is 14.7 Å². The molecule has 1 aliphatic heterocycles. The summed E-state index contributed by atoms with van der Waals surface area (Å²) in [7, 11) is 0. The molecule has 1 aromatic carbocycles. The number of carbonyl (C=O) groups is 2. The van der Waals surface area contributed by atoms with Crippen LogP contribution in [0, 0.1) is 12.8 Å². The Hall–Kier alpha value is -1.84. The van der Waals surface area contributed by atoms with Gasteiger partial charge in [-0.1, -0.05) is 6.92 Å². The van der Waals surface area contributed by atoms with Crippen LogP contribution in [-0.4, -0.2) is 34.8 Å². The quantitative estimate of drug-likeness (QED) is 0.822. The minimum atomic E-state index is -0.0832. The molecule has 1 fully saturated rings. The lowest BCUT2D eigenvalue weighted by Crippen LogP contribution is -2.43. The largest absolute Gasteiger partial charge is 0.508 e. The third-order valence-electron chi connectivity index (χ3n) is 3.40. The molecule has 2 rings (SSSR count). The van der Waals surface area contributed by atoms with Crippen molar-refractivity contribution >= 4 is 11.7 Å². The number of phenolic OH excluding ortho intramolecular Hbond substituents is 1. The number of likely N-dealkylation sites (tertiary alicyclic amines) is 1. The normalized spacial score (nSPS) is 20.0. The predicted molar refractivity (Wildman–Crippen MR) is 67.5 cm³/mol. The molecule has 1 saturated heterocycles. The Bertz CT molecular complexity index is 496. The van der Waals surface area contributed by atoms with Crippen molar-refractivity contribution in [3.05, 3.63) is 29.3 Å². The molecule has 1 heterocycles. The molecule has 0 aromatic heterocycles. The van der Waals surface area contributed by atoms with Crippen molar-refractivity contribution in [1.82, 2.24) is 4.90 Å². The summed E-state index contributed by atoms with van der Waals surface area (Å²) in [5.41, 5.74) is 1.35. The van der Waals surface area contributed by atoms with Crippen LogP contribution in [0.25, 0.3) is 0 Å². The first-order chi connectivity index (χ1) is 8.49. The fraction of sp³-hybridized carbons (Fsp3) is 0.429. The van der Waals surface area contributed by atoms with Crippen LogP contribution < -0.4 is 0 Å². The van der Waals surface area contributed by atoms with Gasteiger partial charge in [0.15, 0.2) is 0 Å². The molecule has 1 aromatic rings. The molecule has 1 N–H and O–H groups in total. The average molecular weight is 247 g/mol. The van der Waals surface area contributed by atoms with Crippen molar-refractivity contribution in [2.75, 3.05) is 13.1 Å². The highest BCUT2D eigenvalue weighted by Gasteiger charge is 2.27. The first-order valence-electron chi connectivity index (χ1n) is 6.10. The molecule has 18 heavy (non-hydrogen) atoms. The van der Waals surface area contributed by atoms with Crippen LogP contribution in [0.5, 0.6) is 5.75 Å². The summed E-state index contributed by atoms with van der Waals surface area (Å²) in [6, 6.07) is 4.72. The van der Waals surface area contributed by atoms with Crippen molar-refractivity contribution in [3.63, 3.8) is 0 Å². The highest BCUT2D eigenvalue weighted by Crippen LogP contribution is 2.20. The highest BCUT2D eigenvalue weighted by molar-refractivity contribution is 5.97. The van der Waals surface area contributed by atoms with E-state index in [0.29, 0.717) is 25.1 Å². The number of piperidine rings is 1. The van der Waals surface area contributed by atoms with Gasteiger partial charge in [-0.25, -0.2) is 0 Å². The lowest BCUT2D eigenvalue weighted by Gasteiger charge is -2.30. The van der Waals surface area contributed by atoms with E-state index in [1.165, 1.54) is 6.07 Å². The average Bonchev–Trinajstić information content (AvgIpc) is 2.32. The van der Waals surface area contributed by atoms with Gasteiger partial charge in [0.2, 0.25) is 0 Å². The Morgan fingerprint density at radius 3 is 2.78 bits per heavy atom. The van der Waals surface area contributed by atoms with Crippen LogP contribution in [0.2, 0.25) is 0 Å². The molecule has 96 valence electrons. The first kappa shape index (κ1) is 12.6. The SMILES string of the molecule is Cc1cc(O)ccc1C(=O)N1CCC(=O)C(C)C1. The second-order valence-corrected chi connectivity index (χ2v) is 4.87. The molecule has 1 atom stereocenters. The molecule has 0 saturated carbocycles.